The van der Waals surface area contributed by atoms with Crippen LogP contribution in [-0.2, 0) is 14.8 Å². The molecule has 2 N–H and O–H groups in total. The zero-order valence-electron chi connectivity index (χ0n) is 13.0. The molecule has 0 saturated carbocycles. The first-order valence-electron chi connectivity index (χ1n) is 7.57. The van der Waals surface area contributed by atoms with Gasteiger partial charge in [-0.25, -0.2) is 8.42 Å². The summed E-state index contributed by atoms with van der Waals surface area (Å²) >= 11 is 0. The first kappa shape index (κ1) is 16.6. The number of hydrogen-bond donors (Lipinski definition) is 1. The van der Waals surface area contributed by atoms with Gasteiger partial charge in [0.15, 0.2) is 0 Å². The number of nitrogens with zero attached hydrogens (tertiary/aromatic N) is 1. The molecule has 0 aliphatic carbocycles. The Balaban J connectivity index is 1.93. The van der Waals surface area contributed by atoms with E-state index < -0.39 is 15.9 Å². The predicted octanol–water partition coefficient (Wildman–Crippen LogP) is 1.47. The Morgan fingerprint density at radius 2 is 1.62 bits per heavy atom. The van der Waals surface area contributed by atoms with E-state index in [1.165, 1.54) is 4.31 Å². The summed E-state index contributed by atoms with van der Waals surface area (Å²) in [6, 6.07) is 13.5. The average molecular weight is 346 g/mol. The summed E-state index contributed by atoms with van der Waals surface area (Å²) < 4.78 is 31.8. The van der Waals surface area contributed by atoms with Crippen LogP contribution >= 0.6 is 0 Å². The minimum atomic E-state index is -3.53. The number of sulfonamides is 1. The maximum absolute atomic E-state index is 12.6. The molecular formula is C17H18N2O4S. The lowest BCUT2D eigenvalue weighted by Crippen LogP contribution is -2.40. The number of hydrogen-bond acceptors (Lipinski definition) is 4. The maximum Gasteiger partial charge on any atom is 0.249 e. The van der Waals surface area contributed by atoms with Crippen molar-refractivity contribution in [1.29, 1.82) is 0 Å². The number of ether oxygens (including phenoxy) is 1. The number of benzene rings is 2. The Bertz CT molecular complexity index is 841. The van der Waals surface area contributed by atoms with Gasteiger partial charge in [0.2, 0.25) is 15.9 Å². The number of rotatable bonds is 4. The van der Waals surface area contributed by atoms with E-state index in [0.717, 1.165) is 5.56 Å². The van der Waals surface area contributed by atoms with Crippen molar-refractivity contribution in [3.05, 3.63) is 54.1 Å². The van der Waals surface area contributed by atoms with Crippen LogP contribution in [0.25, 0.3) is 11.1 Å². The van der Waals surface area contributed by atoms with Gasteiger partial charge in [-0.1, -0.05) is 30.3 Å². The van der Waals surface area contributed by atoms with Gasteiger partial charge in [0.25, 0.3) is 0 Å². The highest BCUT2D eigenvalue weighted by atomic mass is 32.2. The third-order valence-electron chi connectivity index (χ3n) is 3.97. The molecule has 0 unspecified atom stereocenters. The third-order valence-corrected chi connectivity index (χ3v) is 5.88. The lowest BCUT2D eigenvalue weighted by Gasteiger charge is -2.26. The van der Waals surface area contributed by atoms with Crippen LogP contribution < -0.4 is 5.73 Å². The van der Waals surface area contributed by atoms with Crippen molar-refractivity contribution in [3.63, 3.8) is 0 Å². The fraction of sp³-hybridized carbons (Fsp3) is 0.235. The number of carbonyl (C=O) groups is 1. The second-order valence-electron chi connectivity index (χ2n) is 5.45. The van der Waals surface area contributed by atoms with Gasteiger partial charge in [0.1, 0.15) is 0 Å². The van der Waals surface area contributed by atoms with Gasteiger partial charge in [-0.2, -0.15) is 4.31 Å². The predicted molar refractivity (Wildman–Crippen MR) is 90.0 cm³/mol. The lowest BCUT2D eigenvalue weighted by molar-refractivity contribution is 0.0730. The van der Waals surface area contributed by atoms with E-state index in [2.05, 4.69) is 0 Å². The standard InChI is InChI=1S/C17H18N2O4S/c18-17(20)16-4-2-1-3-15(16)13-5-7-14(8-6-13)24(21,22)19-9-11-23-12-10-19/h1-8H,9-12H2,(H2,18,20). The van der Waals surface area contributed by atoms with E-state index in [4.69, 9.17) is 10.5 Å². The molecule has 126 valence electrons. The molecule has 2 aromatic carbocycles. The van der Waals surface area contributed by atoms with Gasteiger partial charge in [-0.05, 0) is 29.3 Å². The van der Waals surface area contributed by atoms with Crippen LogP contribution in [0, 0.1) is 0 Å². The van der Waals surface area contributed by atoms with Gasteiger partial charge in [0, 0.05) is 18.7 Å². The number of amides is 1. The molecular weight excluding hydrogens is 328 g/mol. The van der Waals surface area contributed by atoms with Crippen LogP contribution in [0.4, 0.5) is 0 Å². The molecule has 0 aromatic heterocycles. The molecule has 24 heavy (non-hydrogen) atoms. The molecule has 1 aliphatic rings. The topological polar surface area (TPSA) is 89.7 Å². The van der Waals surface area contributed by atoms with E-state index in [1.807, 2.05) is 0 Å². The highest BCUT2D eigenvalue weighted by Crippen LogP contribution is 2.26. The molecule has 1 saturated heterocycles. The molecule has 0 atom stereocenters. The molecule has 6 nitrogen and oxygen atoms in total. The number of morpholine rings is 1. The second-order valence-corrected chi connectivity index (χ2v) is 7.39. The first-order chi connectivity index (χ1) is 11.5. The van der Waals surface area contributed by atoms with Gasteiger partial charge >= 0.3 is 0 Å². The second kappa shape index (κ2) is 6.72. The van der Waals surface area contributed by atoms with Crippen molar-refractivity contribution >= 4 is 15.9 Å². The quantitative estimate of drug-likeness (QED) is 0.908. The molecule has 0 spiro atoms. The molecule has 1 fully saturated rings. The summed E-state index contributed by atoms with van der Waals surface area (Å²) in [7, 11) is -3.53. The highest BCUT2D eigenvalue weighted by molar-refractivity contribution is 7.89. The maximum atomic E-state index is 12.6. The molecule has 0 radical (unpaired) electrons. The van der Waals surface area contributed by atoms with Crippen LogP contribution in [0.3, 0.4) is 0 Å². The van der Waals surface area contributed by atoms with Crippen molar-refractivity contribution in [3.8, 4) is 11.1 Å². The number of carbonyl (C=O) groups excluding carboxylic acids is 1. The average Bonchev–Trinajstić information content (AvgIpc) is 2.62. The number of primary amides is 1. The fourth-order valence-electron chi connectivity index (χ4n) is 2.69. The van der Waals surface area contributed by atoms with Gasteiger partial charge in [-0.15, -0.1) is 0 Å². The Hall–Kier alpha value is -2.22. The minimum absolute atomic E-state index is 0.227. The summed E-state index contributed by atoms with van der Waals surface area (Å²) in [5.41, 5.74) is 7.22. The Labute approximate surface area is 140 Å². The molecule has 1 heterocycles. The zero-order chi connectivity index (χ0) is 17.2. The molecule has 0 bridgehead atoms. The summed E-state index contributed by atoms with van der Waals surface area (Å²) in [6.07, 6.45) is 0. The summed E-state index contributed by atoms with van der Waals surface area (Å²) in [5.74, 6) is -0.518. The van der Waals surface area contributed by atoms with Gasteiger partial charge in [0.05, 0.1) is 18.1 Å². The van der Waals surface area contributed by atoms with Crippen molar-refractivity contribution in [2.45, 2.75) is 4.90 Å². The van der Waals surface area contributed by atoms with Crippen LogP contribution in [0.1, 0.15) is 10.4 Å². The third kappa shape index (κ3) is 3.19. The Morgan fingerprint density at radius 3 is 2.25 bits per heavy atom. The van der Waals surface area contributed by atoms with Crippen molar-refractivity contribution in [2.24, 2.45) is 5.73 Å². The Kier molecular flexibility index (Phi) is 4.66. The molecule has 1 amide bonds. The smallest absolute Gasteiger partial charge is 0.249 e. The van der Waals surface area contributed by atoms with E-state index in [1.54, 1.807) is 48.5 Å². The van der Waals surface area contributed by atoms with Gasteiger partial charge in [-0.3, -0.25) is 4.79 Å². The fourth-order valence-corrected chi connectivity index (χ4v) is 4.10. The Morgan fingerprint density at radius 1 is 1.00 bits per heavy atom. The van der Waals surface area contributed by atoms with Crippen LogP contribution in [0.15, 0.2) is 53.4 Å². The largest absolute Gasteiger partial charge is 0.379 e. The van der Waals surface area contributed by atoms with Crippen LogP contribution in [0.2, 0.25) is 0 Å². The van der Waals surface area contributed by atoms with E-state index >= 15 is 0 Å². The van der Waals surface area contributed by atoms with E-state index in [0.29, 0.717) is 37.4 Å². The van der Waals surface area contributed by atoms with Crippen molar-refractivity contribution in [1.82, 2.24) is 4.31 Å². The van der Waals surface area contributed by atoms with Crippen molar-refractivity contribution < 1.29 is 17.9 Å². The zero-order valence-corrected chi connectivity index (χ0v) is 13.8. The lowest BCUT2D eigenvalue weighted by atomic mass is 9.99. The normalized spacial score (nSPS) is 16.0. The molecule has 1 aliphatic heterocycles. The molecule has 2 aromatic rings. The van der Waals surface area contributed by atoms with Crippen LogP contribution in [0.5, 0.6) is 0 Å². The number of nitrogens with two attached hydrogens (primary N) is 1. The van der Waals surface area contributed by atoms with E-state index in [9.17, 15) is 13.2 Å². The highest BCUT2D eigenvalue weighted by Gasteiger charge is 2.26. The van der Waals surface area contributed by atoms with E-state index in [-0.39, 0.29) is 4.90 Å². The first-order valence-corrected chi connectivity index (χ1v) is 9.01. The SMILES string of the molecule is NC(=O)c1ccccc1-c1ccc(S(=O)(=O)N2CCOCC2)cc1. The summed E-state index contributed by atoms with van der Waals surface area (Å²) in [4.78, 5) is 11.8. The molecule has 7 heteroatoms. The summed E-state index contributed by atoms with van der Waals surface area (Å²) in [5, 5.41) is 0. The van der Waals surface area contributed by atoms with Gasteiger partial charge < -0.3 is 10.5 Å². The minimum Gasteiger partial charge on any atom is -0.379 e. The monoisotopic (exact) mass is 346 g/mol. The molecule has 3 rings (SSSR count). The van der Waals surface area contributed by atoms with Crippen molar-refractivity contribution in [2.75, 3.05) is 26.3 Å². The summed E-state index contributed by atoms with van der Waals surface area (Å²) in [6.45, 7) is 1.52. The van der Waals surface area contributed by atoms with Crippen LogP contribution in [-0.4, -0.2) is 44.9 Å².